The van der Waals surface area contributed by atoms with Crippen LogP contribution in [-0.2, 0) is 9.53 Å². The Balaban J connectivity index is 1.93. The minimum Gasteiger partial charge on any atom is -0.446 e. The van der Waals surface area contributed by atoms with Crippen molar-refractivity contribution in [3.05, 3.63) is 65.5 Å². The zero-order chi connectivity index (χ0) is 14.8. The van der Waals surface area contributed by atoms with Crippen LogP contribution in [0.2, 0.25) is 0 Å². The summed E-state index contributed by atoms with van der Waals surface area (Å²) in [6.07, 6.45) is 2.81. The highest BCUT2D eigenvalue weighted by Gasteiger charge is 2.32. The molecule has 0 radical (unpaired) electrons. The lowest BCUT2D eigenvalue weighted by Gasteiger charge is -2.19. The molecule has 0 saturated heterocycles. The molecule has 0 N–H and O–H groups in total. The number of aryl methyl sites for hydroxylation is 1. The van der Waals surface area contributed by atoms with Crippen LogP contribution in [0.4, 0.5) is 0 Å². The van der Waals surface area contributed by atoms with E-state index >= 15 is 0 Å². The maximum Gasteiger partial charge on any atom is 0.243 e. The van der Waals surface area contributed by atoms with Gasteiger partial charge in [0, 0.05) is 30.4 Å². The van der Waals surface area contributed by atoms with Gasteiger partial charge >= 0.3 is 0 Å². The summed E-state index contributed by atoms with van der Waals surface area (Å²) in [5.74, 6) is 0.266. The monoisotopic (exact) mass is 281 g/mol. The van der Waals surface area contributed by atoms with Gasteiger partial charge < -0.3 is 4.74 Å². The van der Waals surface area contributed by atoms with Gasteiger partial charge in [0.05, 0.1) is 0 Å². The van der Waals surface area contributed by atoms with Crippen LogP contribution >= 0.6 is 0 Å². The first-order valence-corrected chi connectivity index (χ1v) is 6.67. The van der Waals surface area contributed by atoms with E-state index in [9.17, 15) is 4.79 Å². The fourth-order valence-electron chi connectivity index (χ4n) is 2.13. The standard InChI is InChI=1S/C16H15N3O2/c1-11-3-5-14(6-4-11)16-19(12(2)20)18-15(21-16)13-7-9-17-10-8-13/h3-10,16H,1-2H3. The maximum absolute atomic E-state index is 11.8. The van der Waals surface area contributed by atoms with Gasteiger partial charge in [0.25, 0.3) is 0 Å². The van der Waals surface area contributed by atoms with Crippen LogP contribution in [0, 0.1) is 6.92 Å². The first kappa shape index (κ1) is 13.3. The summed E-state index contributed by atoms with van der Waals surface area (Å²) in [5, 5.41) is 5.65. The smallest absolute Gasteiger partial charge is 0.243 e. The molecule has 3 rings (SSSR count). The molecule has 0 aliphatic carbocycles. The molecule has 5 nitrogen and oxygen atoms in total. The Kier molecular flexibility index (Phi) is 3.39. The zero-order valence-electron chi connectivity index (χ0n) is 11.9. The molecule has 0 spiro atoms. The van der Waals surface area contributed by atoms with Crippen LogP contribution < -0.4 is 0 Å². The lowest BCUT2D eigenvalue weighted by Crippen LogP contribution is -2.25. The molecule has 1 amide bonds. The van der Waals surface area contributed by atoms with Crippen LogP contribution in [0.3, 0.4) is 0 Å². The van der Waals surface area contributed by atoms with Gasteiger partial charge in [0.15, 0.2) is 0 Å². The number of aromatic nitrogens is 1. The van der Waals surface area contributed by atoms with Crippen molar-refractivity contribution in [3.63, 3.8) is 0 Å². The van der Waals surface area contributed by atoms with Crippen molar-refractivity contribution in [1.29, 1.82) is 0 Å². The fraction of sp³-hybridized carbons (Fsp3) is 0.188. The molecule has 5 heteroatoms. The average Bonchev–Trinajstić information content (AvgIpc) is 2.94. The minimum absolute atomic E-state index is 0.162. The number of ether oxygens (including phenoxy) is 1. The van der Waals surface area contributed by atoms with Gasteiger partial charge in [-0.3, -0.25) is 9.78 Å². The lowest BCUT2D eigenvalue weighted by atomic mass is 10.1. The molecule has 0 fully saturated rings. The number of nitrogens with zero attached hydrogens (tertiary/aromatic N) is 3. The Bertz CT molecular complexity index is 680. The molecule has 1 aliphatic heterocycles. The summed E-state index contributed by atoms with van der Waals surface area (Å²) < 4.78 is 5.87. The Labute approximate surface area is 122 Å². The molecule has 1 aliphatic rings. The molecule has 0 bridgehead atoms. The predicted molar refractivity (Wildman–Crippen MR) is 78.3 cm³/mol. The molecule has 2 aromatic rings. The summed E-state index contributed by atoms with van der Waals surface area (Å²) in [6.45, 7) is 3.49. The SMILES string of the molecule is CC(=O)N1N=C(c2ccncc2)OC1c1ccc(C)cc1. The number of rotatable bonds is 2. The van der Waals surface area contributed by atoms with Gasteiger partial charge in [0.2, 0.25) is 18.0 Å². The Morgan fingerprint density at radius 2 is 1.81 bits per heavy atom. The number of hydrazone groups is 1. The summed E-state index contributed by atoms with van der Waals surface area (Å²) >= 11 is 0. The minimum atomic E-state index is -0.522. The van der Waals surface area contributed by atoms with Crippen molar-refractivity contribution in [2.45, 2.75) is 20.1 Å². The lowest BCUT2D eigenvalue weighted by molar-refractivity contribution is -0.135. The van der Waals surface area contributed by atoms with E-state index in [1.54, 1.807) is 24.5 Å². The van der Waals surface area contributed by atoms with E-state index in [1.807, 2.05) is 31.2 Å². The normalized spacial score (nSPS) is 17.3. The predicted octanol–water partition coefficient (Wildman–Crippen LogP) is 2.63. The Hall–Kier alpha value is -2.69. The van der Waals surface area contributed by atoms with E-state index in [-0.39, 0.29) is 5.91 Å². The number of amides is 1. The quantitative estimate of drug-likeness (QED) is 0.850. The molecular formula is C16H15N3O2. The topological polar surface area (TPSA) is 54.8 Å². The number of benzene rings is 1. The van der Waals surface area contributed by atoms with E-state index in [2.05, 4.69) is 10.1 Å². The van der Waals surface area contributed by atoms with Gasteiger partial charge in [-0.15, -0.1) is 5.10 Å². The summed E-state index contributed by atoms with van der Waals surface area (Å²) in [5.41, 5.74) is 2.84. The van der Waals surface area contributed by atoms with Crippen molar-refractivity contribution in [2.75, 3.05) is 0 Å². The van der Waals surface area contributed by atoms with Gasteiger partial charge in [-0.1, -0.05) is 29.8 Å². The van der Waals surface area contributed by atoms with Crippen molar-refractivity contribution in [1.82, 2.24) is 9.99 Å². The molecule has 2 heterocycles. The van der Waals surface area contributed by atoms with Crippen molar-refractivity contribution >= 4 is 11.8 Å². The highest BCUT2D eigenvalue weighted by molar-refractivity contribution is 5.96. The highest BCUT2D eigenvalue weighted by atomic mass is 16.5. The molecular weight excluding hydrogens is 266 g/mol. The summed E-state index contributed by atoms with van der Waals surface area (Å²) in [4.78, 5) is 15.8. The second kappa shape index (κ2) is 5.36. The van der Waals surface area contributed by atoms with Crippen LogP contribution in [0.15, 0.2) is 53.9 Å². The van der Waals surface area contributed by atoms with Crippen molar-refractivity contribution in [3.8, 4) is 0 Å². The van der Waals surface area contributed by atoms with Crippen LogP contribution in [0.5, 0.6) is 0 Å². The third-order valence-corrected chi connectivity index (χ3v) is 3.26. The van der Waals surface area contributed by atoms with Crippen LogP contribution in [0.1, 0.15) is 29.8 Å². The second-order valence-corrected chi connectivity index (χ2v) is 4.89. The largest absolute Gasteiger partial charge is 0.446 e. The second-order valence-electron chi connectivity index (χ2n) is 4.89. The summed E-state index contributed by atoms with van der Waals surface area (Å²) in [7, 11) is 0. The van der Waals surface area contributed by atoms with Gasteiger partial charge in [-0.25, -0.2) is 0 Å². The highest BCUT2D eigenvalue weighted by Crippen LogP contribution is 2.30. The van der Waals surface area contributed by atoms with Crippen molar-refractivity contribution < 1.29 is 9.53 Å². The number of hydrogen-bond acceptors (Lipinski definition) is 4. The van der Waals surface area contributed by atoms with E-state index in [4.69, 9.17) is 4.74 Å². The van der Waals surface area contributed by atoms with Gasteiger partial charge in [-0.05, 0) is 19.1 Å². The van der Waals surface area contributed by atoms with E-state index in [1.165, 1.54) is 11.9 Å². The zero-order valence-corrected chi connectivity index (χ0v) is 11.9. The number of pyridine rings is 1. The first-order valence-electron chi connectivity index (χ1n) is 6.67. The van der Waals surface area contributed by atoms with E-state index in [0.717, 1.165) is 16.7 Å². The van der Waals surface area contributed by atoms with Gasteiger partial charge in [-0.2, -0.15) is 5.01 Å². The van der Waals surface area contributed by atoms with E-state index < -0.39 is 6.23 Å². The molecule has 1 aromatic carbocycles. The molecule has 1 atom stereocenters. The number of carbonyl (C=O) groups excluding carboxylic acids is 1. The molecule has 0 saturated carbocycles. The molecule has 21 heavy (non-hydrogen) atoms. The molecule has 1 unspecified atom stereocenters. The Morgan fingerprint density at radius 3 is 2.43 bits per heavy atom. The average molecular weight is 281 g/mol. The maximum atomic E-state index is 11.8. The van der Waals surface area contributed by atoms with Crippen LogP contribution in [-0.4, -0.2) is 21.8 Å². The number of hydrogen-bond donors (Lipinski definition) is 0. The van der Waals surface area contributed by atoms with Crippen molar-refractivity contribution in [2.24, 2.45) is 5.10 Å². The van der Waals surface area contributed by atoms with E-state index in [0.29, 0.717) is 5.90 Å². The third kappa shape index (κ3) is 2.63. The number of carbonyl (C=O) groups is 1. The molecule has 1 aromatic heterocycles. The fourth-order valence-corrected chi connectivity index (χ4v) is 2.13. The third-order valence-electron chi connectivity index (χ3n) is 3.26. The van der Waals surface area contributed by atoms with Gasteiger partial charge in [0.1, 0.15) is 0 Å². The first-order chi connectivity index (χ1) is 10.1. The van der Waals surface area contributed by atoms with Crippen LogP contribution in [0.25, 0.3) is 0 Å². The summed E-state index contributed by atoms with van der Waals surface area (Å²) in [6, 6.07) is 11.5. The Morgan fingerprint density at radius 1 is 1.14 bits per heavy atom. The molecule has 106 valence electrons.